The first-order valence-electron chi connectivity index (χ1n) is 13.1. The maximum Gasteiger partial charge on any atom is 0.269 e. The van der Waals surface area contributed by atoms with Gasteiger partial charge in [0.2, 0.25) is 21.8 Å². The molecule has 2 amide bonds. The number of piperidine rings is 1. The number of sulfonamides is 1. The van der Waals surface area contributed by atoms with Crippen LogP contribution in [0.5, 0.6) is 0 Å². The Morgan fingerprint density at radius 3 is 2.31 bits per heavy atom. The molecule has 2 aromatic carbocycles. The summed E-state index contributed by atoms with van der Waals surface area (Å²) in [5.41, 5.74) is 8.02. The van der Waals surface area contributed by atoms with Gasteiger partial charge in [-0.1, -0.05) is 42.5 Å². The molecule has 0 bridgehead atoms. The molecule has 9 nitrogen and oxygen atoms in total. The molecule has 1 atom stereocenters. The molecule has 0 aliphatic carbocycles. The first-order valence-corrected chi connectivity index (χ1v) is 14.5. The van der Waals surface area contributed by atoms with E-state index in [9.17, 15) is 26.8 Å². The van der Waals surface area contributed by atoms with Gasteiger partial charge in [-0.05, 0) is 55.0 Å². The number of benzene rings is 2. The van der Waals surface area contributed by atoms with Crippen LogP contribution in [0.3, 0.4) is 0 Å². The minimum Gasteiger partial charge on any atom is -0.397 e. The Bertz CT molecular complexity index is 1540. The molecule has 42 heavy (non-hydrogen) atoms. The van der Waals surface area contributed by atoms with E-state index in [0.29, 0.717) is 22.5 Å². The van der Waals surface area contributed by atoms with Crippen LogP contribution in [0.1, 0.15) is 31.9 Å². The number of aryl methyl sites for hydroxylation is 1. The Hall–Kier alpha value is -3.87. The number of amides is 2. The number of pyridine rings is 1. The highest BCUT2D eigenvalue weighted by Crippen LogP contribution is 2.34. The molecule has 1 aromatic heterocycles. The smallest absolute Gasteiger partial charge is 0.269 e. The number of carbonyl (C=O) groups is 2. The van der Waals surface area contributed by atoms with Crippen LogP contribution in [-0.2, 0) is 26.0 Å². The Morgan fingerprint density at radius 2 is 1.71 bits per heavy atom. The maximum atomic E-state index is 13.8. The standard InChI is InChI=1S/C29H31F2N5O4S.ClH/c1-19(37)34-27-24(20-6-3-2-4-7-20)8-5-9-26(27)41(39,40)35-25(13-12-23-11-10-22(32)18-33-23)29(38)36-16-14-21(15-17-36)28(30)31;/h2-11,18,25,35H,12-17,32H2,1H3,(H,34,37);1H/t25-;/m0./s1. The van der Waals surface area contributed by atoms with Crippen molar-refractivity contribution in [2.24, 2.45) is 0 Å². The molecule has 0 spiro atoms. The van der Waals surface area contributed by atoms with E-state index in [-0.39, 0.29) is 67.3 Å². The third-order valence-corrected chi connectivity index (χ3v) is 8.29. The Balaban J connectivity index is 0.00000484. The number of carbonyl (C=O) groups excluding carboxylic acids is 2. The van der Waals surface area contributed by atoms with Gasteiger partial charge in [0.1, 0.15) is 10.9 Å². The topological polar surface area (TPSA) is 134 Å². The molecule has 224 valence electrons. The maximum absolute atomic E-state index is 13.8. The van der Waals surface area contributed by atoms with Gasteiger partial charge in [-0.25, -0.2) is 8.42 Å². The number of para-hydroxylation sites is 1. The van der Waals surface area contributed by atoms with E-state index >= 15 is 0 Å². The second-order valence-corrected chi connectivity index (χ2v) is 11.4. The van der Waals surface area contributed by atoms with Crippen LogP contribution < -0.4 is 15.8 Å². The highest BCUT2D eigenvalue weighted by atomic mass is 35.5. The van der Waals surface area contributed by atoms with Crippen LogP contribution in [0.15, 0.2) is 83.4 Å². The summed E-state index contributed by atoms with van der Waals surface area (Å²) in [6, 6.07) is 15.7. The zero-order valence-electron chi connectivity index (χ0n) is 22.8. The van der Waals surface area contributed by atoms with Crippen molar-refractivity contribution in [1.29, 1.82) is 0 Å². The van der Waals surface area contributed by atoms with Crippen LogP contribution in [0, 0.1) is 0 Å². The molecule has 13 heteroatoms. The predicted molar refractivity (Wildman–Crippen MR) is 160 cm³/mol. The quantitative estimate of drug-likeness (QED) is 0.316. The zero-order valence-corrected chi connectivity index (χ0v) is 24.5. The van der Waals surface area contributed by atoms with Gasteiger partial charge >= 0.3 is 0 Å². The predicted octanol–water partition coefficient (Wildman–Crippen LogP) is 4.76. The average molecular weight is 620 g/mol. The lowest BCUT2D eigenvalue weighted by atomic mass is 10.0. The molecule has 1 saturated heterocycles. The van der Waals surface area contributed by atoms with E-state index < -0.39 is 34.0 Å². The third-order valence-electron chi connectivity index (χ3n) is 6.78. The molecule has 2 heterocycles. The molecular weight excluding hydrogens is 588 g/mol. The lowest BCUT2D eigenvalue weighted by molar-refractivity contribution is -0.133. The fraction of sp³-hybridized carbons (Fsp3) is 0.276. The van der Waals surface area contributed by atoms with E-state index in [4.69, 9.17) is 5.73 Å². The molecule has 1 aliphatic rings. The van der Waals surface area contributed by atoms with Gasteiger partial charge in [0, 0.05) is 31.3 Å². The highest BCUT2D eigenvalue weighted by Gasteiger charge is 2.33. The fourth-order valence-corrected chi connectivity index (χ4v) is 6.09. The van der Waals surface area contributed by atoms with Crippen LogP contribution in [0.25, 0.3) is 11.1 Å². The Labute approximate surface area is 249 Å². The second kappa shape index (κ2) is 14.3. The number of nitrogens with two attached hydrogens (primary N) is 1. The second-order valence-electron chi connectivity index (χ2n) is 9.71. The number of nitrogens with zero attached hydrogens (tertiary/aromatic N) is 2. The van der Waals surface area contributed by atoms with E-state index in [1.165, 1.54) is 24.1 Å². The number of hydrogen-bond acceptors (Lipinski definition) is 6. The van der Waals surface area contributed by atoms with Crippen molar-refractivity contribution < 1.29 is 26.8 Å². The molecule has 4 N–H and O–H groups in total. The number of halogens is 3. The molecule has 0 saturated carbocycles. The van der Waals surface area contributed by atoms with Crippen LogP contribution in [-0.4, -0.2) is 49.2 Å². The number of nitrogens with one attached hydrogen (secondary N) is 2. The number of hydrogen-bond donors (Lipinski definition) is 3. The van der Waals surface area contributed by atoms with Crippen molar-refractivity contribution in [3.63, 3.8) is 0 Å². The molecule has 0 radical (unpaired) electrons. The van der Waals surface area contributed by atoms with Gasteiger partial charge in [-0.2, -0.15) is 13.5 Å². The largest absolute Gasteiger partial charge is 0.397 e. The summed E-state index contributed by atoms with van der Waals surface area (Å²) in [7, 11) is -4.37. The first-order chi connectivity index (χ1) is 19.5. The van der Waals surface area contributed by atoms with Gasteiger partial charge in [-0.3, -0.25) is 14.6 Å². The number of aromatic nitrogens is 1. The Morgan fingerprint density at radius 1 is 1.02 bits per heavy atom. The monoisotopic (exact) mass is 619 g/mol. The molecule has 1 aliphatic heterocycles. The van der Waals surface area contributed by atoms with Gasteiger partial charge in [0.15, 0.2) is 0 Å². The summed E-state index contributed by atoms with van der Waals surface area (Å²) in [5, 5.41) is 2.64. The van der Waals surface area contributed by atoms with Gasteiger partial charge < -0.3 is 16.0 Å². The summed E-state index contributed by atoms with van der Waals surface area (Å²) < 4.78 is 56.4. The van der Waals surface area contributed by atoms with Crippen molar-refractivity contribution in [3.05, 3.63) is 84.2 Å². The zero-order chi connectivity index (χ0) is 29.6. The number of nitrogen functional groups attached to an aromatic ring is 1. The minimum atomic E-state index is -4.37. The summed E-state index contributed by atoms with van der Waals surface area (Å²) in [5.74, 6) is -0.994. The van der Waals surface area contributed by atoms with Crippen molar-refractivity contribution in [2.45, 2.75) is 43.5 Å². The summed E-state index contributed by atoms with van der Waals surface area (Å²) in [4.78, 5) is 31.1. The SMILES string of the molecule is CC(=O)Nc1c(-c2ccccc2)cccc1S(=O)(=O)N[C@@H](CCc1ccc(N)cn1)C(=O)N1CCC(=C(F)F)CC1.Cl. The molecule has 3 aromatic rings. The molecular formula is C29H32ClF2N5O4S. The van der Waals surface area contributed by atoms with Gasteiger partial charge in [-0.15, -0.1) is 12.4 Å². The summed E-state index contributed by atoms with van der Waals surface area (Å²) >= 11 is 0. The van der Waals surface area contributed by atoms with Crippen LogP contribution in [0.4, 0.5) is 20.2 Å². The van der Waals surface area contributed by atoms with Crippen LogP contribution >= 0.6 is 12.4 Å². The average Bonchev–Trinajstić information content (AvgIpc) is 2.96. The number of likely N-dealkylation sites (tertiary alicyclic amines) is 1. The normalized spacial score (nSPS) is 14.1. The van der Waals surface area contributed by atoms with Crippen molar-refractivity contribution in [1.82, 2.24) is 14.6 Å². The van der Waals surface area contributed by atoms with Crippen molar-refractivity contribution in [2.75, 3.05) is 24.1 Å². The van der Waals surface area contributed by atoms with Crippen molar-refractivity contribution in [3.8, 4) is 11.1 Å². The fourth-order valence-electron chi connectivity index (χ4n) is 4.68. The third kappa shape index (κ3) is 8.11. The summed E-state index contributed by atoms with van der Waals surface area (Å²) in [6.45, 7) is 1.37. The van der Waals surface area contributed by atoms with Gasteiger partial charge in [0.05, 0.1) is 17.6 Å². The highest BCUT2D eigenvalue weighted by molar-refractivity contribution is 7.89. The van der Waals surface area contributed by atoms with E-state index in [1.807, 2.05) is 6.07 Å². The van der Waals surface area contributed by atoms with Crippen LogP contribution in [0.2, 0.25) is 0 Å². The number of rotatable bonds is 9. The summed E-state index contributed by atoms with van der Waals surface area (Å²) in [6.07, 6.45) is 0.0549. The Kier molecular flexibility index (Phi) is 11.1. The first kappa shape index (κ1) is 32.6. The molecule has 4 rings (SSSR count). The molecule has 1 fully saturated rings. The van der Waals surface area contributed by atoms with E-state index in [2.05, 4.69) is 15.0 Å². The van der Waals surface area contributed by atoms with E-state index in [0.717, 1.165) is 0 Å². The molecule has 0 unspecified atom stereocenters. The van der Waals surface area contributed by atoms with E-state index in [1.54, 1.807) is 48.5 Å². The minimum absolute atomic E-state index is 0. The lowest BCUT2D eigenvalue weighted by Gasteiger charge is -2.31. The lowest BCUT2D eigenvalue weighted by Crippen LogP contribution is -2.50. The van der Waals surface area contributed by atoms with Gasteiger partial charge in [0.25, 0.3) is 6.08 Å². The number of anilines is 2. The van der Waals surface area contributed by atoms with Crippen molar-refractivity contribution >= 4 is 45.6 Å².